The summed E-state index contributed by atoms with van der Waals surface area (Å²) in [5.74, 6) is 0. The fourth-order valence-corrected chi connectivity index (χ4v) is 3.02. The average molecular weight is 309 g/mol. The quantitative estimate of drug-likeness (QED) is 0.906. The molecule has 2 rings (SSSR count). The van der Waals surface area contributed by atoms with Crippen LogP contribution in [0.4, 0.5) is 5.69 Å². The van der Waals surface area contributed by atoms with E-state index in [0.29, 0.717) is 12.8 Å². The van der Waals surface area contributed by atoms with Gasteiger partial charge in [0.25, 0.3) is 0 Å². The Morgan fingerprint density at radius 2 is 2.06 bits per heavy atom. The van der Waals surface area contributed by atoms with Crippen LogP contribution < -0.4 is 5.32 Å². The number of ether oxygens (including phenoxy) is 1. The Morgan fingerprint density at radius 3 is 2.61 bits per heavy atom. The molecule has 0 bridgehead atoms. The second kappa shape index (κ2) is 5.29. The minimum Gasteiger partial charge on any atom is -0.375 e. The van der Waals surface area contributed by atoms with Crippen LogP contribution in [-0.2, 0) is 4.74 Å². The van der Waals surface area contributed by atoms with Gasteiger partial charge >= 0.3 is 0 Å². The molecule has 1 N–H and O–H groups in total. The molecule has 18 heavy (non-hydrogen) atoms. The molecular weight excluding hydrogens is 292 g/mol. The average Bonchev–Trinajstić information content (AvgIpc) is 2.27. The summed E-state index contributed by atoms with van der Waals surface area (Å²) < 4.78 is 6.71. The zero-order valence-corrected chi connectivity index (χ0v) is 12.2. The third-order valence-corrected chi connectivity index (χ3v) is 3.65. The van der Waals surface area contributed by atoms with E-state index < -0.39 is 5.54 Å². The van der Waals surface area contributed by atoms with E-state index in [1.54, 1.807) is 0 Å². The largest absolute Gasteiger partial charge is 0.375 e. The lowest BCUT2D eigenvalue weighted by Gasteiger charge is -2.39. The molecule has 1 aromatic rings. The summed E-state index contributed by atoms with van der Waals surface area (Å²) in [6.07, 6.45) is 1.63. The highest BCUT2D eigenvalue weighted by Crippen LogP contribution is 2.32. The number of hydrogen-bond acceptors (Lipinski definition) is 3. The third-order valence-electron chi connectivity index (χ3n) is 3.16. The molecule has 96 valence electrons. The minimum atomic E-state index is -0.530. The molecular formula is C14H17BrN2O. The van der Waals surface area contributed by atoms with Crippen molar-refractivity contribution in [1.82, 2.24) is 0 Å². The van der Waals surface area contributed by atoms with Crippen molar-refractivity contribution in [3.63, 3.8) is 0 Å². The van der Waals surface area contributed by atoms with Gasteiger partial charge in [0.2, 0.25) is 0 Å². The lowest BCUT2D eigenvalue weighted by Crippen LogP contribution is -2.47. The molecule has 0 aromatic heterocycles. The first kappa shape index (κ1) is 13.4. The monoisotopic (exact) mass is 308 g/mol. The van der Waals surface area contributed by atoms with Crippen molar-refractivity contribution in [2.24, 2.45) is 0 Å². The van der Waals surface area contributed by atoms with Crippen LogP contribution in [0.3, 0.4) is 0 Å². The van der Waals surface area contributed by atoms with Gasteiger partial charge in [0.1, 0.15) is 5.54 Å². The van der Waals surface area contributed by atoms with Crippen LogP contribution >= 0.6 is 15.9 Å². The van der Waals surface area contributed by atoms with E-state index >= 15 is 0 Å². The number of nitrogens with zero attached hydrogens (tertiary/aromatic N) is 1. The van der Waals surface area contributed by atoms with E-state index in [1.807, 2.05) is 38.1 Å². The molecule has 0 aliphatic carbocycles. The Hall–Kier alpha value is -1.05. The first-order valence-corrected chi connectivity index (χ1v) is 6.93. The summed E-state index contributed by atoms with van der Waals surface area (Å²) in [5, 5.41) is 12.9. The maximum atomic E-state index is 9.53. The van der Waals surface area contributed by atoms with Crippen molar-refractivity contribution in [2.45, 2.75) is 44.4 Å². The van der Waals surface area contributed by atoms with Gasteiger partial charge in [-0.1, -0.05) is 22.0 Å². The van der Waals surface area contributed by atoms with Gasteiger partial charge in [-0.2, -0.15) is 5.26 Å². The van der Waals surface area contributed by atoms with Crippen molar-refractivity contribution in [1.29, 1.82) is 5.26 Å². The lowest BCUT2D eigenvalue weighted by atomic mass is 9.85. The van der Waals surface area contributed by atoms with Gasteiger partial charge in [0.15, 0.2) is 0 Å². The maximum absolute atomic E-state index is 9.53. The van der Waals surface area contributed by atoms with E-state index in [1.165, 1.54) is 0 Å². The fourth-order valence-electron chi connectivity index (χ4n) is 2.62. The summed E-state index contributed by atoms with van der Waals surface area (Å²) >= 11 is 3.44. The van der Waals surface area contributed by atoms with Crippen LogP contribution in [0.2, 0.25) is 0 Å². The molecule has 0 amide bonds. The number of benzene rings is 1. The van der Waals surface area contributed by atoms with Crippen molar-refractivity contribution < 1.29 is 4.74 Å². The Labute approximate surface area is 116 Å². The van der Waals surface area contributed by atoms with Crippen LogP contribution in [0, 0.1) is 11.3 Å². The molecule has 0 spiro atoms. The van der Waals surface area contributed by atoms with Crippen LogP contribution in [0.15, 0.2) is 28.7 Å². The van der Waals surface area contributed by atoms with Gasteiger partial charge in [0.05, 0.1) is 18.3 Å². The van der Waals surface area contributed by atoms with Crippen LogP contribution in [0.5, 0.6) is 0 Å². The molecule has 2 atom stereocenters. The van der Waals surface area contributed by atoms with Gasteiger partial charge in [-0.25, -0.2) is 0 Å². The second-order valence-electron chi connectivity index (χ2n) is 4.99. The predicted molar refractivity (Wildman–Crippen MR) is 75.4 cm³/mol. The van der Waals surface area contributed by atoms with Gasteiger partial charge in [-0.3, -0.25) is 0 Å². The molecule has 0 saturated carbocycles. The number of hydrogen-bond donors (Lipinski definition) is 1. The highest BCUT2D eigenvalue weighted by Gasteiger charge is 2.38. The predicted octanol–water partition coefficient (Wildman–Crippen LogP) is 3.71. The summed E-state index contributed by atoms with van der Waals surface area (Å²) in [4.78, 5) is 0. The molecule has 4 heteroatoms. The van der Waals surface area contributed by atoms with Crippen molar-refractivity contribution in [3.05, 3.63) is 28.7 Å². The molecule has 1 aliphatic rings. The molecule has 1 fully saturated rings. The fraction of sp³-hybridized carbons (Fsp3) is 0.500. The van der Waals surface area contributed by atoms with E-state index in [0.717, 1.165) is 10.2 Å². The first-order valence-electron chi connectivity index (χ1n) is 6.13. The molecule has 2 unspecified atom stereocenters. The molecule has 1 aromatic carbocycles. The van der Waals surface area contributed by atoms with Gasteiger partial charge in [-0.05, 0) is 32.0 Å². The molecule has 1 aliphatic heterocycles. The zero-order chi connectivity index (χ0) is 13.2. The maximum Gasteiger partial charge on any atom is 0.130 e. The van der Waals surface area contributed by atoms with Crippen molar-refractivity contribution in [3.8, 4) is 6.07 Å². The molecule has 0 radical (unpaired) electrons. The molecule has 3 nitrogen and oxygen atoms in total. The Kier molecular flexibility index (Phi) is 3.94. The third kappa shape index (κ3) is 3.04. The van der Waals surface area contributed by atoms with Gasteiger partial charge in [-0.15, -0.1) is 0 Å². The molecule has 1 saturated heterocycles. The first-order chi connectivity index (χ1) is 8.53. The number of rotatable bonds is 2. The minimum absolute atomic E-state index is 0.105. The van der Waals surface area contributed by atoms with Gasteiger partial charge < -0.3 is 10.1 Å². The van der Waals surface area contributed by atoms with E-state index in [2.05, 4.69) is 27.3 Å². The normalized spacial score (nSPS) is 31.7. The Balaban J connectivity index is 2.21. The number of nitrogens with one attached hydrogen (secondary N) is 1. The second-order valence-corrected chi connectivity index (χ2v) is 5.91. The summed E-state index contributed by atoms with van der Waals surface area (Å²) in [6.45, 7) is 4.04. The SMILES string of the molecule is CC1CC(C#N)(Nc2cccc(Br)c2)CC(C)O1. The van der Waals surface area contributed by atoms with E-state index in [-0.39, 0.29) is 12.2 Å². The number of halogens is 1. The van der Waals surface area contributed by atoms with Crippen LogP contribution in [0.1, 0.15) is 26.7 Å². The topological polar surface area (TPSA) is 45.0 Å². The summed E-state index contributed by atoms with van der Waals surface area (Å²) in [6, 6.07) is 10.3. The van der Waals surface area contributed by atoms with E-state index in [9.17, 15) is 5.26 Å². The van der Waals surface area contributed by atoms with Crippen molar-refractivity contribution in [2.75, 3.05) is 5.32 Å². The smallest absolute Gasteiger partial charge is 0.130 e. The molecule has 1 heterocycles. The zero-order valence-electron chi connectivity index (χ0n) is 10.6. The van der Waals surface area contributed by atoms with Crippen molar-refractivity contribution >= 4 is 21.6 Å². The highest BCUT2D eigenvalue weighted by atomic mass is 79.9. The summed E-state index contributed by atoms with van der Waals surface area (Å²) in [7, 11) is 0. The Morgan fingerprint density at radius 1 is 1.39 bits per heavy atom. The van der Waals surface area contributed by atoms with E-state index in [4.69, 9.17) is 4.74 Å². The van der Waals surface area contributed by atoms with Crippen LogP contribution in [0.25, 0.3) is 0 Å². The number of nitriles is 1. The number of anilines is 1. The summed E-state index contributed by atoms with van der Waals surface area (Å²) in [5.41, 5.74) is 0.435. The highest BCUT2D eigenvalue weighted by molar-refractivity contribution is 9.10. The standard InChI is InChI=1S/C14H17BrN2O/c1-10-7-14(9-16,8-11(2)18-10)17-13-5-3-4-12(15)6-13/h3-6,10-11,17H,7-8H2,1-2H3. The van der Waals surface area contributed by atoms with Gasteiger partial charge in [0, 0.05) is 23.0 Å². The lowest BCUT2D eigenvalue weighted by molar-refractivity contribution is -0.0451. The van der Waals surface area contributed by atoms with Crippen LogP contribution in [-0.4, -0.2) is 17.7 Å². The Bertz CT molecular complexity index is 459.